The fourth-order valence-corrected chi connectivity index (χ4v) is 12.5. The Hall–Kier alpha value is -9.23. The number of likely N-dealkylation sites (tertiary alicyclic amines) is 2. The van der Waals surface area contributed by atoms with Gasteiger partial charge in [0.2, 0.25) is 70.9 Å². The highest BCUT2D eigenvalue weighted by molar-refractivity contribution is 6.00. The van der Waals surface area contributed by atoms with Crippen molar-refractivity contribution in [1.82, 2.24) is 72.9 Å². The standard InChI is InChI=1S/C71H115N17O19/c1-9-38(4)54(65(100)83-55(39(5)10-2)66(101)84-56(71(106)107)40(6)11-3)82-62(97)49(33-43-21-13-12-14-22-43)80-63(98)51-25-19-31-87(51)69(104)48(24-16-18-30-73)79-68(103)57(41(7)90)85-61(96)46(23-15-17-29-72)77-60(95)47(27-28-53(92)93)78-67(102)58(42(8)91)86-64(99)52-26-20-32-88(52)70(105)50(34-44-35-75-37-76-44)81-59(94)45(74)36-89/h12-14,21-22,35,37-42,45-52,54-58,89-91H,9-11,15-20,23-34,36,72-74H2,1-8H3,(H,75,76)(H,77,95)(H,78,102)(H,79,103)(H,80,98)(H,81,94)(H,82,97)(H,83,100)(H,84,101)(H,85,96)(H,86,99)(H,92,93)(H,106,107)/t38-,39-,40-,41+,42+,45-,46-,47-,48-,49-,50-,51-,52-,54-,55-,56-,57-,58-/m0/s1. The van der Waals surface area contributed by atoms with Crippen LogP contribution in [0.5, 0.6) is 0 Å². The van der Waals surface area contributed by atoms with E-state index >= 15 is 0 Å². The Morgan fingerprint density at radius 3 is 1.41 bits per heavy atom. The van der Waals surface area contributed by atoms with Crippen LogP contribution in [0.1, 0.15) is 163 Å². The Labute approximate surface area is 623 Å². The molecule has 12 amide bonds. The van der Waals surface area contributed by atoms with Gasteiger partial charge in [-0.2, -0.15) is 0 Å². The highest BCUT2D eigenvalue weighted by Crippen LogP contribution is 2.24. The van der Waals surface area contributed by atoms with Crippen LogP contribution in [0.4, 0.5) is 0 Å². The number of aliphatic hydroxyl groups excluding tert-OH is 3. The summed E-state index contributed by atoms with van der Waals surface area (Å²) in [6.07, 6.45) is 0.678. The van der Waals surface area contributed by atoms with E-state index in [-0.39, 0.29) is 84.0 Å². The van der Waals surface area contributed by atoms with Gasteiger partial charge < -0.3 is 111 Å². The van der Waals surface area contributed by atoms with Crippen LogP contribution in [0.25, 0.3) is 0 Å². The number of carboxylic acid groups (broad SMARTS) is 2. The number of aromatic nitrogens is 2. The first-order valence-electron chi connectivity index (χ1n) is 37.0. The van der Waals surface area contributed by atoms with Crippen LogP contribution in [-0.2, 0) is 80.0 Å². The van der Waals surface area contributed by atoms with E-state index in [0.29, 0.717) is 49.8 Å². The molecule has 1 aromatic carbocycles. The zero-order valence-electron chi connectivity index (χ0n) is 62.5. The lowest BCUT2D eigenvalue weighted by Crippen LogP contribution is -2.62. The first-order valence-corrected chi connectivity index (χ1v) is 37.0. The van der Waals surface area contributed by atoms with Crippen molar-refractivity contribution in [2.75, 3.05) is 32.8 Å². The average molecular weight is 1510 g/mol. The third-order valence-corrected chi connectivity index (χ3v) is 19.6. The Morgan fingerprint density at radius 1 is 0.505 bits per heavy atom. The summed E-state index contributed by atoms with van der Waals surface area (Å²) >= 11 is 0. The Balaban J connectivity index is 1.57. The minimum Gasteiger partial charge on any atom is -0.481 e. The molecule has 0 unspecified atom stereocenters. The number of aliphatic hydroxyl groups is 3. The molecular weight excluding hydrogens is 1390 g/mol. The summed E-state index contributed by atoms with van der Waals surface area (Å²) < 4.78 is 0. The van der Waals surface area contributed by atoms with E-state index in [0.717, 1.165) is 11.8 Å². The molecule has 0 aliphatic carbocycles. The lowest BCUT2D eigenvalue weighted by molar-refractivity contribution is -0.144. The first kappa shape index (κ1) is 90.2. The molecule has 3 heterocycles. The van der Waals surface area contributed by atoms with Crippen molar-refractivity contribution in [3.05, 3.63) is 54.1 Å². The van der Waals surface area contributed by atoms with Gasteiger partial charge in [0.1, 0.15) is 78.5 Å². The lowest BCUT2D eigenvalue weighted by Gasteiger charge is -2.32. The number of nitrogens with two attached hydrogens (primary N) is 3. The maximum absolute atomic E-state index is 14.9. The molecule has 2 aliphatic rings. The summed E-state index contributed by atoms with van der Waals surface area (Å²) in [6.45, 7) is 12.4. The number of hydrogen-bond acceptors (Lipinski definition) is 21. The Morgan fingerprint density at radius 2 is 0.925 bits per heavy atom. The number of benzene rings is 1. The quantitative estimate of drug-likeness (QED) is 0.0285. The number of H-pyrrole nitrogens is 1. The van der Waals surface area contributed by atoms with Crippen molar-refractivity contribution < 1.29 is 92.7 Å². The van der Waals surface area contributed by atoms with Gasteiger partial charge in [-0.15, -0.1) is 0 Å². The van der Waals surface area contributed by atoms with Crippen molar-refractivity contribution in [2.24, 2.45) is 35.0 Å². The van der Waals surface area contributed by atoms with Crippen molar-refractivity contribution in [3.63, 3.8) is 0 Å². The van der Waals surface area contributed by atoms with Crippen LogP contribution < -0.4 is 70.4 Å². The van der Waals surface area contributed by atoms with Gasteiger partial charge in [0.05, 0.1) is 30.8 Å². The molecule has 36 heteroatoms. The number of carbonyl (C=O) groups excluding carboxylic acids is 12. The number of carbonyl (C=O) groups is 14. The number of nitrogens with zero attached hydrogens (tertiary/aromatic N) is 3. The predicted octanol–water partition coefficient (Wildman–Crippen LogP) is -3.55. The molecule has 2 aromatic rings. The molecule has 598 valence electrons. The number of aliphatic carboxylic acids is 2. The second-order valence-corrected chi connectivity index (χ2v) is 27.8. The maximum Gasteiger partial charge on any atom is 0.326 e. The number of amides is 12. The lowest BCUT2D eigenvalue weighted by atomic mass is 9.93. The van der Waals surface area contributed by atoms with Crippen LogP contribution in [-0.4, -0.2) is 252 Å². The van der Waals surface area contributed by atoms with E-state index in [1.165, 1.54) is 24.3 Å². The molecule has 2 aliphatic heterocycles. The van der Waals surface area contributed by atoms with E-state index in [4.69, 9.17) is 17.2 Å². The molecule has 0 radical (unpaired) electrons. The van der Waals surface area contributed by atoms with E-state index in [1.807, 2.05) is 0 Å². The summed E-state index contributed by atoms with van der Waals surface area (Å²) in [4.78, 5) is 205. The third kappa shape index (κ3) is 27.8. The van der Waals surface area contributed by atoms with Crippen LogP contribution >= 0.6 is 0 Å². The number of unbranched alkanes of at least 4 members (excludes halogenated alkanes) is 2. The zero-order valence-corrected chi connectivity index (χ0v) is 62.5. The Bertz CT molecular complexity index is 3280. The smallest absolute Gasteiger partial charge is 0.326 e. The van der Waals surface area contributed by atoms with Gasteiger partial charge in [-0.1, -0.05) is 91.1 Å². The van der Waals surface area contributed by atoms with Crippen molar-refractivity contribution in [3.8, 4) is 0 Å². The molecule has 107 heavy (non-hydrogen) atoms. The molecule has 1 aromatic heterocycles. The van der Waals surface area contributed by atoms with E-state index < -0.39 is 211 Å². The van der Waals surface area contributed by atoms with Crippen LogP contribution in [0.3, 0.4) is 0 Å². The monoisotopic (exact) mass is 1510 g/mol. The van der Waals surface area contributed by atoms with Crippen LogP contribution in [0, 0.1) is 17.8 Å². The van der Waals surface area contributed by atoms with Crippen LogP contribution in [0.15, 0.2) is 42.9 Å². The number of imidazole rings is 1. The number of nitrogens with one attached hydrogen (secondary N) is 11. The molecular formula is C71H115N17O19. The van der Waals surface area contributed by atoms with Gasteiger partial charge in [0.25, 0.3) is 0 Å². The van der Waals surface area contributed by atoms with E-state index in [2.05, 4.69) is 63.1 Å². The van der Waals surface area contributed by atoms with Gasteiger partial charge in [-0.25, -0.2) is 9.78 Å². The van der Waals surface area contributed by atoms with Crippen molar-refractivity contribution in [1.29, 1.82) is 0 Å². The summed E-state index contributed by atoms with van der Waals surface area (Å²) in [5.74, 6) is -14.9. The summed E-state index contributed by atoms with van der Waals surface area (Å²) in [6, 6.07) is -10.1. The second-order valence-electron chi connectivity index (χ2n) is 27.8. The minimum absolute atomic E-state index is 0.00761. The second kappa shape index (κ2) is 45.4. The summed E-state index contributed by atoms with van der Waals surface area (Å²) in [5.41, 5.74) is 18.3. The molecule has 0 saturated carbocycles. The SMILES string of the molecule is CC[C@H](C)[C@H](NC(=O)[C@@H](NC(=O)[C@@H](NC(=O)[C@H](Cc1ccccc1)NC(=O)[C@@H]1CCCN1C(=O)[C@H](CCCCN)NC(=O)[C@@H](NC(=O)[C@H](CCCCN)NC(=O)[C@H](CCC(=O)O)NC(=O)[C@@H](NC(=O)[C@@H]1CCCN1C(=O)[C@H](Cc1c[nH]cn1)NC(=O)[C@@H](N)CO)[C@@H](C)O)[C@@H](C)O)[C@@H](C)CC)[C@@H](C)CC)C(=O)O. The fraction of sp³-hybridized carbons (Fsp3) is 0.676. The molecule has 22 N–H and O–H groups in total. The van der Waals surface area contributed by atoms with Crippen molar-refractivity contribution >= 4 is 82.8 Å². The molecule has 2 fully saturated rings. The predicted molar refractivity (Wildman–Crippen MR) is 388 cm³/mol. The minimum atomic E-state index is -1.85. The molecule has 18 atom stereocenters. The highest BCUT2D eigenvalue weighted by Gasteiger charge is 2.44. The van der Waals surface area contributed by atoms with E-state index in [1.54, 1.807) is 71.9 Å². The molecule has 4 rings (SSSR count). The summed E-state index contributed by atoms with van der Waals surface area (Å²) in [7, 11) is 0. The molecule has 2 saturated heterocycles. The molecule has 36 nitrogen and oxygen atoms in total. The van der Waals surface area contributed by atoms with Gasteiger partial charge in [-0.05, 0) is 121 Å². The first-order chi connectivity index (χ1) is 50.8. The largest absolute Gasteiger partial charge is 0.481 e. The van der Waals surface area contributed by atoms with E-state index in [9.17, 15) is 92.7 Å². The number of aromatic amines is 1. The van der Waals surface area contributed by atoms with Gasteiger partial charge in [-0.3, -0.25) is 62.3 Å². The van der Waals surface area contributed by atoms with Gasteiger partial charge in [0.15, 0.2) is 0 Å². The zero-order chi connectivity index (χ0) is 79.8. The topological polar surface area (TPSA) is 574 Å². The number of carboxylic acids is 2. The number of rotatable bonds is 47. The molecule has 0 spiro atoms. The average Bonchev–Trinajstić information content (AvgIpc) is 1.72. The van der Waals surface area contributed by atoms with Crippen LogP contribution in [0.2, 0.25) is 0 Å². The highest BCUT2D eigenvalue weighted by atomic mass is 16.4. The normalized spacial score (nSPS) is 18.7. The van der Waals surface area contributed by atoms with Gasteiger partial charge in [0, 0.05) is 38.5 Å². The van der Waals surface area contributed by atoms with Gasteiger partial charge >= 0.3 is 11.9 Å². The summed E-state index contributed by atoms with van der Waals surface area (Å²) in [5, 5.41) is 77.2. The fourth-order valence-electron chi connectivity index (χ4n) is 12.5. The van der Waals surface area contributed by atoms with Crippen molar-refractivity contribution in [2.45, 2.75) is 255 Å². The maximum atomic E-state index is 14.9. The third-order valence-electron chi connectivity index (χ3n) is 19.6. The number of hydrogen-bond donors (Lipinski definition) is 19. The Kier molecular flexibility index (Phi) is 38.3. The molecule has 0 bridgehead atoms.